The number of aromatic nitrogens is 4. The van der Waals surface area contributed by atoms with Crippen LogP contribution in [0.4, 0.5) is 10.8 Å². The highest BCUT2D eigenvalue weighted by atomic mass is 35.5. The Morgan fingerprint density at radius 3 is 2.75 bits per heavy atom. The number of carbonyl (C=O) groups is 3. The Morgan fingerprint density at radius 2 is 2.07 bits per heavy atom. The standard InChI is InChI=1S/C25H23ClN10O5S3/c26-20-18(31-25(29)44-20)17(32-41)15(37)6-14-21(38)36-19(23(39)40)11(9-43-22(14)36)7-34-2-1-16-33(3-4-35(16)34)8-13-5-12(10-42-13)30-24(27)28/h1-5,10,14,22H,6-9H2,(H7-,27,28,29,30,31,37,39,40,41)/p+1/t14-,22-/m1/s1. The van der Waals surface area contributed by atoms with Gasteiger partial charge in [0.15, 0.2) is 28.8 Å². The van der Waals surface area contributed by atoms with E-state index in [-0.39, 0.29) is 39.8 Å². The lowest BCUT2D eigenvalue weighted by Crippen LogP contribution is -2.62. The molecule has 1 fully saturated rings. The van der Waals surface area contributed by atoms with E-state index < -0.39 is 34.7 Å². The third-order valence-corrected chi connectivity index (χ3v) is 10.5. The number of nitrogens with zero attached hydrogens (tertiary/aromatic N) is 7. The maximum atomic E-state index is 13.2. The number of rotatable bonds is 10. The molecule has 1 saturated heterocycles. The number of Topliss-reactive ketones (excluding diaryl/α,β-unsaturated/α-hetero) is 1. The van der Waals surface area contributed by atoms with Gasteiger partial charge in [-0.05, 0) is 11.6 Å². The number of halogens is 1. The predicted octanol–water partition coefficient (Wildman–Crippen LogP) is 1.44. The van der Waals surface area contributed by atoms with Crippen molar-refractivity contribution in [1.29, 1.82) is 0 Å². The van der Waals surface area contributed by atoms with Crippen LogP contribution in [0.1, 0.15) is 17.0 Å². The second-order valence-electron chi connectivity index (χ2n) is 9.87. The highest BCUT2D eigenvalue weighted by Crippen LogP contribution is 2.45. The number of thiophene rings is 1. The van der Waals surface area contributed by atoms with Crippen molar-refractivity contribution >= 4 is 91.8 Å². The molecule has 6 heterocycles. The molecule has 0 aromatic carbocycles. The summed E-state index contributed by atoms with van der Waals surface area (Å²) >= 11 is 9.89. The number of hydrogen-bond donors (Lipinski definition) is 5. The molecule has 0 aliphatic carbocycles. The summed E-state index contributed by atoms with van der Waals surface area (Å²) in [6, 6.07) is 3.83. The van der Waals surface area contributed by atoms with Gasteiger partial charge in [-0.25, -0.2) is 24.0 Å². The van der Waals surface area contributed by atoms with Crippen LogP contribution in [-0.4, -0.2) is 69.9 Å². The molecule has 4 aromatic heterocycles. The van der Waals surface area contributed by atoms with Crippen LogP contribution in [0.3, 0.4) is 0 Å². The number of hydrogen-bond acceptors (Lipinski definition) is 11. The number of guanidine groups is 1. The predicted molar refractivity (Wildman–Crippen MR) is 165 cm³/mol. The Balaban J connectivity index is 1.19. The van der Waals surface area contributed by atoms with E-state index in [9.17, 15) is 24.7 Å². The minimum atomic E-state index is -1.23. The number of carboxylic acid groups (broad SMARTS) is 1. The maximum Gasteiger partial charge on any atom is 0.352 e. The number of amides is 1. The van der Waals surface area contributed by atoms with Crippen molar-refractivity contribution in [2.45, 2.75) is 24.9 Å². The van der Waals surface area contributed by atoms with E-state index in [0.29, 0.717) is 23.6 Å². The average Bonchev–Trinajstić information content (AvgIpc) is 3.75. The molecule has 8 N–H and O–H groups in total. The number of imidazole rings is 1. The quantitative estimate of drug-likeness (QED) is 0.0406. The third kappa shape index (κ3) is 5.29. The maximum absolute atomic E-state index is 13.2. The summed E-state index contributed by atoms with van der Waals surface area (Å²) in [5.41, 5.74) is 18.1. The van der Waals surface area contributed by atoms with Gasteiger partial charge in [0.2, 0.25) is 5.91 Å². The molecule has 15 nitrogen and oxygen atoms in total. The van der Waals surface area contributed by atoms with Gasteiger partial charge in [-0.2, -0.15) is 0 Å². The van der Waals surface area contributed by atoms with Crippen LogP contribution < -0.4 is 21.8 Å². The number of thioether (sulfide) groups is 1. The zero-order valence-corrected chi connectivity index (χ0v) is 25.7. The molecule has 0 radical (unpaired) electrons. The van der Waals surface area contributed by atoms with Gasteiger partial charge in [-0.1, -0.05) is 28.1 Å². The zero-order chi connectivity index (χ0) is 31.3. The summed E-state index contributed by atoms with van der Waals surface area (Å²) in [5.74, 6) is -2.87. The molecule has 0 saturated carbocycles. The number of anilines is 1. The molecular formula is C25H24ClN10O5S3+. The SMILES string of the molecule is NC(N)=Nc1csc(C[n+]2ccn3c2ccn3CC2=C(C(=O)O)N3C(=O)[C@@H](CC(=O)/C(=N\O)c4nc(N)sc4Cl)[C@H]3SC2)c1. The van der Waals surface area contributed by atoms with Gasteiger partial charge >= 0.3 is 11.6 Å². The molecule has 2 aliphatic rings. The normalized spacial score (nSPS) is 18.4. The number of nitrogens with two attached hydrogens (primary N) is 3. The monoisotopic (exact) mass is 675 g/mol. The van der Waals surface area contributed by atoms with Gasteiger partial charge in [0.25, 0.3) is 0 Å². The second kappa shape index (κ2) is 11.6. The van der Waals surface area contributed by atoms with Crippen LogP contribution in [-0.2, 0) is 27.5 Å². The summed E-state index contributed by atoms with van der Waals surface area (Å²) in [6.45, 7) is 0.810. The third-order valence-electron chi connectivity index (χ3n) is 7.12. The number of carboxylic acids is 1. The molecule has 0 spiro atoms. The largest absolute Gasteiger partial charge is 0.477 e. The van der Waals surface area contributed by atoms with Crippen LogP contribution in [0.2, 0.25) is 4.34 Å². The Kier molecular flexibility index (Phi) is 7.82. The fourth-order valence-electron chi connectivity index (χ4n) is 5.26. The second-order valence-corrected chi connectivity index (χ2v) is 13.6. The molecule has 1 amide bonds. The van der Waals surface area contributed by atoms with Crippen molar-refractivity contribution in [3.8, 4) is 0 Å². The molecule has 228 valence electrons. The van der Waals surface area contributed by atoms with Crippen molar-refractivity contribution in [3.05, 3.63) is 62.3 Å². The van der Waals surface area contributed by atoms with Gasteiger partial charge in [-0.15, -0.1) is 27.6 Å². The topological polar surface area (TPSA) is 224 Å². The van der Waals surface area contributed by atoms with Gasteiger partial charge in [0.1, 0.15) is 28.5 Å². The molecule has 44 heavy (non-hydrogen) atoms. The Labute approximate surface area is 265 Å². The highest BCUT2D eigenvalue weighted by molar-refractivity contribution is 8.00. The van der Waals surface area contributed by atoms with Crippen molar-refractivity contribution in [2.24, 2.45) is 27.5 Å². The molecule has 6 rings (SSSR count). The molecule has 2 atom stereocenters. The summed E-state index contributed by atoms with van der Waals surface area (Å²) in [7, 11) is 0. The summed E-state index contributed by atoms with van der Waals surface area (Å²) in [5, 5.41) is 24.0. The lowest BCUT2D eigenvalue weighted by atomic mass is 9.89. The van der Waals surface area contributed by atoms with Crippen LogP contribution >= 0.6 is 46.0 Å². The smallest absolute Gasteiger partial charge is 0.352 e. The van der Waals surface area contributed by atoms with Gasteiger partial charge in [0.05, 0.1) is 35.8 Å². The van der Waals surface area contributed by atoms with Gasteiger partial charge in [-0.3, -0.25) is 14.5 Å². The minimum absolute atomic E-state index is 0.00945. The number of aliphatic imine (C=N–C) groups is 1. The van der Waals surface area contributed by atoms with Crippen molar-refractivity contribution in [2.75, 3.05) is 11.5 Å². The Hall–Kier alpha value is -4.39. The molecule has 2 aliphatic heterocycles. The first kappa shape index (κ1) is 29.7. The highest BCUT2D eigenvalue weighted by Gasteiger charge is 2.54. The molecule has 0 unspecified atom stereocenters. The van der Waals surface area contributed by atoms with E-state index in [1.165, 1.54) is 28.0 Å². The minimum Gasteiger partial charge on any atom is -0.477 e. The van der Waals surface area contributed by atoms with Crippen LogP contribution in [0, 0.1) is 5.92 Å². The molecule has 0 bridgehead atoms. The van der Waals surface area contributed by atoms with Crippen LogP contribution in [0.5, 0.6) is 0 Å². The van der Waals surface area contributed by atoms with Crippen molar-refractivity contribution < 1.29 is 29.3 Å². The van der Waals surface area contributed by atoms with E-state index in [1.807, 2.05) is 49.9 Å². The first-order chi connectivity index (χ1) is 21.0. The number of β-lactam (4-membered cyclic amide) rings is 1. The number of ketones is 1. The van der Waals surface area contributed by atoms with Crippen LogP contribution in [0.25, 0.3) is 5.65 Å². The van der Waals surface area contributed by atoms with Crippen LogP contribution in [0.15, 0.2) is 57.5 Å². The summed E-state index contributed by atoms with van der Waals surface area (Å²) in [4.78, 5) is 48.9. The average molecular weight is 676 g/mol. The van der Waals surface area contributed by atoms with E-state index >= 15 is 0 Å². The van der Waals surface area contributed by atoms with E-state index in [0.717, 1.165) is 21.9 Å². The van der Waals surface area contributed by atoms with Gasteiger partial charge in [0, 0.05) is 22.4 Å². The fraction of sp³-hybridized carbons (Fsp3) is 0.240. The number of aliphatic carboxylic acids is 1. The van der Waals surface area contributed by atoms with E-state index in [2.05, 4.69) is 15.1 Å². The lowest BCUT2D eigenvalue weighted by molar-refractivity contribution is -0.661. The van der Waals surface area contributed by atoms with Crippen molar-refractivity contribution in [3.63, 3.8) is 0 Å². The first-order valence-corrected chi connectivity index (χ1v) is 16.0. The lowest BCUT2D eigenvalue weighted by Gasteiger charge is -2.49. The van der Waals surface area contributed by atoms with E-state index in [1.54, 1.807) is 0 Å². The van der Waals surface area contributed by atoms with Gasteiger partial charge < -0.3 is 27.5 Å². The summed E-state index contributed by atoms with van der Waals surface area (Å²) < 4.78 is 5.88. The number of thiazole rings is 1. The zero-order valence-electron chi connectivity index (χ0n) is 22.5. The van der Waals surface area contributed by atoms with E-state index in [4.69, 9.17) is 28.8 Å². The first-order valence-electron chi connectivity index (χ1n) is 12.9. The number of oxime groups is 1. The molecule has 19 heteroatoms. The molecule has 4 aromatic rings. The molecular weight excluding hydrogens is 652 g/mol. The Morgan fingerprint density at radius 1 is 1.27 bits per heavy atom. The number of nitrogen functional groups attached to an aromatic ring is 1. The Bertz CT molecular complexity index is 1920. The fourth-order valence-corrected chi connectivity index (χ4v) is 8.39. The number of carbonyl (C=O) groups excluding carboxylic acids is 2. The number of fused-ring (bicyclic) bond motifs is 2. The summed E-state index contributed by atoms with van der Waals surface area (Å²) in [6.07, 6.45) is 5.33. The van der Waals surface area contributed by atoms with Crippen molar-refractivity contribution in [1.82, 2.24) is 19.1 Å².